The molecule has 4 nitrogen and oxygen atoms in total. The number of amides is 1. The van der Waals surface area contributed by atoms with Gasteiger partial charge in [-0.05, 0) is 19.8 Å². The fourth-order valence-corrected chi connectivity index (χ4v) is 1.57. The first-order valence-corrected chi connectivity index (χ1v) is 4.60. The lowest BCUT2D eigenvalue weighted by molar-refractivity contribution is -0.150. The summed E-state index contributed by atoms with van der Waals surface area (Å²) in [6, 6.07) is -0.443. The van der Waals surface area contributed by atoms with Crippen LogP contribution >= 0.6 is 0 Å². The molecule has 0 aromatic rings. The molecule has 4 heteroatoms. The van der Waals surface area contributed by atoms with Gasteiger partial charge in [-0.3, -0.25) is 4.79 Å². The molecule has 0 spiro atoms. The summed E-state index contributed by atoms with van der Waals surface area (Å²) in [7, 11) is 1.34. The van der Waals surface area contributed by atoms with Gasteiger partial charge >= 0.3 is 5.97 Å². The Bertz CT molecular complexity index is 283. The van der Waals surface area contributed by atoms with Crippen molar-refractivity contribution >= 4 is 11.9 Å². The molecule has 1 aliphatic rings. The average molecular weight is 197 g/mol. The van der Waals surface area contributed by atoms with Gasteiger partial charge in [-0.2, -0.15) is 0 Å². The van der Waals surface area contributed by atoms with Gasteiger partial charge in [-0.1, -0.05) is 5.57 Å². The zero-order valence-corrected chi connectivity index (χ0v) is 8.74. The smallest absolute Gasteiger partial charge is 0.328 e. The molecular weight excluding hydrogens is 182 g/mol. The molecule has 0 unspecified atom stereocenters. The lowest BCUT2D eigenvalue weighted by Gasteiger charge is -2.30. The monoisotopic (exact) mass is 197 g/mol. The normalized spacial score (nSPS) is 21.5. The number of methoxy groups -OCH3 is 1. The van der Waals surface area contributed by atoms with Gasteiger partial charge in [0.1, 0.15) is 6.04 Å². The third-order valence-corrected chi connectivity index (χ3v) is 2.34. The van der Waals surface area contributed by atoms with Crippen molar-refractivity contribution < 1.29 is 14.3 Å². The maximum absolute atomic E-state index is 11.3. The van der Waals surface area contributed by atoms with Crippen LogP contribution in [0.2, 0.25) is 0 Å². The molecule has 78 valence electrons. The van der Waals surface area contributed by atoms with E-state index >= 15 is 0 Å². The molecule has 14 heavy (non-hydrogen) atoms. The number of carbonyl (C=O) groups excluding carboxylic acids is 2. The number of carbonyl (C=O) groups is 2. The van der Waals surface area contributed by atoms with Crippen molar-refractivity contribution in [1.82, 2.24) is 4.90 Å². The van der Waals surface area contributed by atoms with Gasteiger partial charge in [-0.25, -0.2) is 4.79 Å². The highest BCUT2D eigenvalue weighted by molar-refractivity contribution is 5.84. The number of hydrogen-bond donors (Lipinski definition) is 0. The van der Waals surface area contributed by atoms with E-state index in [-0.39, 0.29) is 11.9 Å². The molecule has 0 radical (unpaired) electrons. The molecule has 1 aliphatic heterocycles. The van der Waals surface area contributed by atoms with E-state index < -0.39 is 6.04 Å². The summed E-state index contributed by atoms with van der Waals surface area (Å²) in [6.45, 7) is 3.40. The Balaban J connectivity index is 2.86. The number of nitrogens with zero attached hydrogens (tertiary/aromatic N) is 1. The van der Waals surface area contributed by atoms with Gasteiger partial charge in [0, 0.05) is 13.1 Å². The molecule has 0 N–H and O–H groups in total. The number of esters is 1. The zero-order valence-electron chi connectivity index (χ0n) is 8.74. The van der Waals surface area contributed by atoms with E-state index in [2.05, 4.69) is 4.74 Å². The van der Waals surface area contributed by atoms with E-state index in [9.17, 15) is 9.59 Å². The Morgan fingerprint density at radius 1 is 1.57 bits per heavy atom. The van der Waals surface area contributed by atoms with Crippen molar-refractivity contribution in [2.75, 3.05) is 7.11 Å². The van der Waals surface area contributed by atoms with E-state index in [1.807, 2.05) is 6.92 Å². The Hall–Kier alpha value is -1.32. The quantitative estimate of drug-likeness (QED) is 0.591. The Morgan fingerprint density at radius 3 is 2.71 bits per heavy atom. The molecule has 0 aliphatic carbocycles. The first-order chi connectivity index (χ1) is 6.56. The second-order valence-corrected chi connectivity index (χ2v) is 3.48. The summed E-state index contributed by atoms with van der Waals surface area (Å²) in [5.74, 6) is -0.469. The van der Waals surface area contributed by atoms with Crippen molar-refractivity contribution in [3.8, 4) is 0 Å². The lowest BCUT2D eigenvalue weighted by Crippen LogP contribution is -2.43. The summed E-state index contributed by atoms with van der Waals surface area (Å²) in [5, 5.41) is 0. The molecule has 1 rings (SSSR count). The Kier molecular flexibility index (Phi) is 3.28. The number of rotatable bonds is 1. The van der Waals surface area contributed by atoms with Crippen LogP contribution in [0.4, 0.5) is 0 Å². The topological polar surface area (TPSA) is 46.6 Å². The number of ether oxygens (including phenoxy) is 1. The Morgan fingerprint density at radius 2 is 2.21 bits per heavy atom. The molecular formula is C10H15NO3. The van der Waals surface area contributed by atoms with Crippen molar-refractivity contribution in [1.29, 1.82) is 0 Å². The molecule has 1 heterocycles. The minimum atomic E-state index is -0.443. The number of allylic oxidation sites excluding steroid dienone is 1. The second kappa shape index (κ2) is 4.26. The molecule has 0 bridgehead atoms. The first-order valence-electron chi connectivity index (χ1n) is 4.60. The van der Waals surface area contributed by atoms with E-state index in [1.165, 1.54) is 18.9 Å². The van der Waals surface area contributed by atoms with Gasteiger partial charge in [0.05, 0.1) is 7.11 Å². The minimum absolute atomic E-state index is 0.126. The van der Waals surface area contributed by atoms with Crippen molar-refractivity contribution in [3.63, 3.8) is 0 Å². The molecule has 1 amide bonds. The molecule has 0 fully saturated rings. The average Bonchev–Trinajstić information content (AvgIpc) is 2.16. The van der Waals surface area contributed by atoms with Crippen LogP contribution in [0.15, 0.2) is 11.8 Å². The maximum atomic E-state index is 11.3. The van der Waals surface area contributed by atoms with Crippen LogP contribution in [0.25, 0.3) is 0 Å². The highest BCUT2D eigenvalue weighted by Crippen LogP contribution is 2.21. The molecule has 0 aromatic carbocycles. The first kappa shape index (κ1) is 10.8. The minimum Gasteiger partial charge on any atom is -0.467 e. The van der Waals surface area contributed by atoms with Crippen LogP contribution in [0.5, 0.6) is 0 Å². The van der Waals surface area contributed by atoms with Gasteiger partial charge < -0.3 is 9.64 Å². The number of hydrogen-bond acceptors (Lipinski definition) is 3. The van der Waals surface area contributed by atoms with Crippen LogP contribution in [0, 0.1) is 0 Å². The third-order valence-electron chi connectivity index (χ3n) is 2.34. The standard InChI is InChI=1S/C10H15NO3/c1-7-4-5-9(10(13)14-3)11(6-7)8(2)12/h6,9H,4-5H2,1-3H3/t9-/m0/s1. The molecule has 0 saturated carbocycles. The summed E-state index contributed by atoms with van der Waals surface area (Å²) in [4.78, 5) is 24.0. The summed E-state index contributed by atoms with van der Waals surface area (Å²) < 4.78 is 4.64. The molecule has 0 aromatic heterocycles. The maximum Gasteiger partial charge on any atom is 0.328 e. The van der Waals surface area contributed by atoms with Crippen LogP contribution in [0.1, 0.15) is 26.7 Å². The fraction of sp³-hybridized carbons (Fsp3) is 0.600. The van der Waals surface area contributed by atoms with E-state index in [4.69, 9.17) is 0 Å². The molecule has 1 atom stereocenters. The van der Waals surface area contributed by atoms with Crippen LogP contribution in [-0.2, 0) is 14.3 Å². The Labute approximate surface area is 83.5 Å². The molecule has 0 saturated heterocycles. The summed E-state index contributed by atoms with van der Waals surface area (Å²) >= 11 is 0. The van der Waals surface area contributed by atoms with Crippen LogP contribution in [0.3, 0.4) is 0 Å². The zero-order chi connectivity index (χ0) is 10.7. The van der Waals surface area contributed by atoms with Crippen LogP contribution < -0.4 is 0 Å². The lowest BCUT2D eigenvalue weighted by atomic mass is 10.0. The van der Waals surface area contributed by atoms with E-state index in [0.29, 0.717) is 6.42 Å². The largest absolute Gasteiger partial charge is 0.467 e. The fourth-order valence-electron chi connectivity index (χ4n) is 1.57. The van der Waals surface area contributed by atoms with Crippen molar-refractivity contribution in [3.05, 3.63) is 11.8 Å². The highest BCUT2D eigenvalue weighted by atomic mass is 16.5. The summed E-state index contributed by atoms with van der Waals surface area (Å²) in [6.07, 6.45) is 3.21. The van der Waals surface area contributed by atoms with Gasteiger partial charge in [-0.15, -0.1) is 0 Å². The van der Waals surface area contributed by atoms with E-state index in [0.717, 1.165) is 12.0 Å². The van der Waals surface area contributed by atoms with Gasteiger partial charge in [0.25, 0.3) is 0 Å². The van der Waals surface area contributed by atoms with E-state index in [1.54, 1.807) is 6.20 Å². The predicted molar refractivity (Wildman–Crippen MR) is 51.3 cm³/mol. The predicted octanol–water partition coefficient (Wildman–Crippen LogP) is 1.07. The highest BCUT2D eigenvalue weighted by Gasteiger charge is 2.29. The van der Waals surface area contributed by atoms with Gasteiger partial charge in [0.2, 0.25) is 5.91 Å². The third kappa shape index (κ3) is 2.13. The second-order valence-electron chi connectivity index (χ2n) is 3.48. The summed E-state index contributed by atoms with van der Waals surface area (Å²) in [5.41, 5.74) is 1.11. The van der Waals surface area contributed by atoms with Crippen LogP contribution in [-0.4, -0.2) is 29.9 Å². The van der Waals surface area contributed by atoms with Crippen molar-refractivity contribution in [2.45, 2.75) is 32.7 Å². The van der Waals surface area contributed by atoms with Crippen molar-refractivity contribution in [2.24, 2.45) is 0 Å². The SMILES string of the molecule is COC(=O)[C@@H]1CCC(C)=CN1C(C)=O. The van der Waals surface area contributed by atoms with Gasteiger partial charge in [0.15, 0.2) is 0 Å².